The van der Waals surface area contributed by atoms with E-state index in [2.05, 4.69) is 10.3 Å². The van der Waals surface area contributed by atoms with Crippen LogP contribution in [0.3, 0.4) is 0 Å². The quantitative estimate of drug-likeness (QED) is 0.694. The third-order valence-corrected chi connectivity index (χ3v) is 1.93. The van der Waals surface area contributed by atoms with Crippen LogP contribution in [0.4, 0.5) is 18.9 Å². The Morgan fingerprint density at radius 2 is 2.14 bits per heavy atom. The van der Waals surface area contributed by atoms with Gasteiger partial charge in [0, 0.05) is 6.20 Å². The van der Waals surface area contributed by atoms with Gasteiger partial charge < -0.3 is 5.32 Å². The second kappa shape index (κ2) is 2.70. The highest BCUT2D eigenvalue weighted by molar-refractivity contribution is 5.99. The predicted molar refractivity (Wildman–Crippen MR) is 41.6 cm³/mol. The van der Waals surface area contributed by atoms with Crippen molar-refractivity contribution >= 4 is 11.6 Å². The first kappa shape index (κ1) is 8.98. The van der Waals surface area contributed by atoms with Crippen molar-refractivity contribution in [3.05, 3.63) is 23.5 Å². The Hall–Kier alpha value is -1.59. The molecule has 0 saturated carbocycles. The molecule has 1 aliphatic rings. The Balaban J connectivity index is 2.55. The van der Waals surface area contributed by atoms with Gasteiger partial charge in [-0.25, -0.2) is 0 Å². The molecule has 1 N–H and O–H groups in total. The van der Waals surface area contributed by atoms with Crippen LogP contribution in [-0.2, 0) is 17.4 Å². The molecule has 0 bridgehead atoms. The van der Waals surface area contributed by atoms with Gasteiger partial charge in [-0.2, -0.15) is 13.2 Å². The van der Waals surface area contributed by atoms with Gasteiger partial charge in [0.15, 0.2) is 0 Å². The molecule has 0 aromatic carbocycles. The van der Waals surface area contributed by atoms with Gasteiger partial charge >= 0.3 is 6.18 Å². The van der Waals surface area contributed by atoms with Crippen molar-refractivity contribution in [1.82, 2.24) is 4.98 Å². The molecule has 1 aromatic heterocycles. The summed E-state index contributed by atoms with van der Waals surface area (Å²) in [5.74, 6) is -0.454. The maximum atomic E-state index is 12.4. The highest BCUT2D eigenvalue weighted by atomic mass is 19.4. The van der Waals surface area contributed by atoms with Crippen LogP contribution in [-0.4, -0.2) is 10.9 Å². The molecule has 6 heteroatoms. The standard InChI is InChI=1S/C8H5F3N2O/c9-8(10,11)4-1-2-12-5-3-6(14)13-7(4)5/h1-2H,3H2,(H,13,14). The van der Waals surface area contributed by atoms with Crippen LogP contribution >= 0.6 is 0 Å². The molecule has 2 heterocycles. The number of halogens is 3. The molecule has 0 atom stereocenters. The zero-order valence-corrected chi connectivity index (χ0v) is 6.85. The third kappa shape index (κ3) is 1.32. The van der Waals surface area contributed by atoms with E-state index in [-0.39, 0.29) is 17.8 Å². The van der Waals surface area contributed by atoms with E-state index in [0.717, 1.165) is 12.3 Å². The summed E-state index contributed by atoms with van der Waals surface area (Å²) in [5, 5.41) is 2.15. The Morgan fingerprint density at radius 1 is 1.43 bits per heavy atom. The van der Waals surface area contributed by atoms with Gasteiger partial charge in [-0.1, -0.05) is 0 Å². The van der Waals surface area contributed by atoms with Crippen LogP contribution in [0.25, 0.3) is 0 Å². The first-order valence-electron chi connectivity index (χ1n) is 3.83. The van der Waals surface area contributed by atoms with Crippen LogP contribution in [0.1, 0.15) is 11.3 Å². The first-order chi connectivity index (χ1) is 6.48. The molecule has 0 unspecified atom stereocenters. The average molecular weight is 202 g/mol. The molecule has 1 amide bonds. The minimum Gasteiger partial charge on any atom is -0.324 e. The summed E-state index contributed by atoms with van der Waals surface area (Å²) in [4.78, 5) is 14.6. The molecule has 0 spiro atoms. The third-order valence-electron chi connectivity index (χ3n) is 1.93. The maximum Gasteiger partial charge on any atom is 0.418 e. The minimum atomic E-state index is -4.45. The Morgan fingerprint density at radius 3 is 2.79 bits per heavy atom. The number of hydrogen-bond acceptors (Lipinski definition) is 2. The number of carbonyl (C=O) groups excluding carboxylic acids is 1. The highest BCUT2D eigenvalue weighted by Gasteiger charge is 2.37. The summed E-state index contributed by atoms with van der Waals surface area (Å²) < 4.78 is 37.2. The molecule has 1 aliphatic heterocycles. The lowest BCUT2D eigenvalue weighted by atomic mass is 10.2. The zero-order valence-electron chi connectivity index (χ0n) is 6.85. The van der Waals surface area contributed by atoms with E-state index in [1.54, 1.807) is 0 Å². The molecule has 2 rings (SSSR count). The van der Waals surface area contributed by atoms with E-state index in [9.17, 15) is 18.0 Å². The fourth-order valence-electron chi connectivity index (χ4n) is 1.35. The van der Waals surface area contributed by atoms with Crippen molar-refractivity contribution in [1.29, 1.82) is 0 Å². The van der Waals surface area contributed by atoms with Gasteiger partial charge in [-0.05, 0) is 6.07 Å². The topological polar surface area (TPSA) is 42.0 Å². The van der Waals surface area contributed by atoms with Gasteiger partial charge in [-0.15, -0.1) is 0 Å². The number of nitrogens with zero attached hydrogens (tertiary/aromatic N) is 1. The summed E-state index contributed by atoms with van der Waals surface area (Å²) >= 11 is 0. The molecule has 0 aliphatic carbocycles. The second-order valence-electron chi connectivity index (χ2n) is 2.90. The van der Waals surface area contributed by atoms with E-state index in [1.807, 2.05) is 0 Å². The molecule has 3 nitrogen and oxygen atoms in total. The van der Waals surface area contributed by atoms with Crippen molar-refractivity contribution in [3.63, 3.8) is 0 Å². The van der Waals surface area contributed by atoms with E-state index in [1.165, 1.54) is 0 Å². The molecule has 0 radical (unpaired) electrons. The van der Waals surface area contributed by atoms with Gasteiger partial charge in [0.1, 0.15) is 0 Å². The smallest absolute Gasteiger partial charge is 0.324 e. The summed E-state index contributed by atoms with van der Waals surface area (Å²) in [5.41, 5.74) is -0.886. The fraction of sp³-hybridized carbons (Fsp3) is 0.250. The minimum absolute atomic E-state index is 0.0841. The number of nitrogens with one attached hydrogen (secondary N) is 1. The van der Waals surface area contributed by atoms with Crippen molar-refractivity contribution in [2.24, 2.45) is 0 Å². The number of fused-ring (bicyclic) bond motifs is 1. The van der Waals surface area contributed by atoms with Gasteiger partial charge in [0.2, 0.25) is 5.91 Å². The van der Waals surface area contributed by atoms with Crippen molar-refractivity contribution in [2.75, 3.05) is 5.32 Å². The monoisotopic (exact) mass is 202 g/mol. The summed E-state index contributed by atoms with van der Waals surface area (Å²) in [6, 6.07) is 0.852. The second-order valence-corrected chi connectivity index (χ2v) is 2.90. The highest BCUT2D eigenvalue weighted by Crippen LogP contribution is 2.37. The van der Waals surface area contributed by atoms with Crippen LogP contribution in [0.15, 0.2) is 12.3 Å². The van der Waals surface area contributed by atoms with Crippen LogP contribution < -0.4 is 5.32 Å². The molecule has 0 fully saturated rings. The molecular formula is C8H5F3N2O. The number of alkyl halides is 3. The van der Waals surface area contributed by atoms with Crippen LogP contribution in [0.2, 0.25) is 0 Å². The predicted octanol–water partition coefficient (Wildman–Crippen LogP) is 1.59. The number of anilines is 1. The number of rotatable bonds is 0. The van der Waals surface area contributed by atoms with E-state index in [0.29, 0.717) is 0 Å². The van der Waals surface area contributed by atoms with Gasteiger partial charge in [-0.3, -0.25) is 9.78 Å². The molecular weight excluding hydrogens is 197 g/mol. The number of aromatic nitrogens is 1. The first-order valence-corrected chi connectivity index (χ1v) is 3.83. The Labute approximate surface area is 76.9 Å². The fourth-order valence-corrected chi connectivity index (χ4v) is 1.35. The summed E-state index contributed by atoms with van der Waals surface area (Å²) in [7, 11) is 0. The lowest BCUT2D eigenvalue weighted by Crippen LogP contribution is -2.10. The SMILES string of the molecule is O=C1Cc2nccc(C(F)(F)F)c2N1. The Bertz CT molecular complexity index is 400. The number of amides is 1. The molecule has 1 aromatic rings. The van der Waals surface area contributed by atoms with Crippen LogP contribution in [0, 0.1) is 0 Å². The molecule has 0 saturated heterocycles. The van der Waals surface area contributed by atoms with E-state index in [4.69, 9.17) is 0 Å². The van der Waals surface area contributed by atoms with Crippen molar-refractivity contribution < 1.29 is 18.0 Å². The van der Waals surface area contributed by atoms with E-state index >= 15 is 0 Å². The summed E-state index contributed by atoms with van der Waals surface area (Å²) in [6.07, 6.45) is -3.48. The molecule has 74 valence electrons. The number of hydrogen-bond donors (Lipinski definition) is 1. The Kier molecular flexibility index (Phi) is 1.73. The van der Waals surface area contributed by atoms with E-state index < -0.39 is 17.6 Å². The van der Waals surface area contributed by atoms with Gasteiger partial charge in [0.05, 0.1) is 23.4 Å². The van der Waals surface area contributed by atoms with Crippen molar-refractivity contribution in [3.8, 4) is 0 Å². The molecule has 14 heavy (non-hydrogen) atoms. The maximum absolute atomic E-state index is 12.4. The van der Waals surface area contributed by atoms with Gasteiger partial charge in [0.25, 0.3) is 0 Å². The lowest BCUT2D eigenvalue weighted by Gasteiger charge is -2.10. The van der Waals surface area contributed by atoms with Crippen LogP contribution in [0.5, 0.6) is 0 Å². The summed E-state index contributed by atoms with van der Waals surface area (Å²) in [6.45, 7) is 0. The lowest BCUT2D eigenvalue weighted by molar-refractivity contribution is -0.137. The number of carbonyl (C=O) groups is 1. The normalized spacial score (nSPS) is 15.2. The largest absolute Gasteiger partial charge is 0.418 e. The average Bonchev–Trinajstić information content (AvgIpc) is 2.41. The number of pyridine rings is 1. The zero-order chi connectivity index (χ0) is 10.3. The van der Waals surface area contributed by atoms with Crippen molar-refractivity contribution in [2.45, 2.75) is 12.6 Å².